The molecule has 2 rings (SSSR count). The van der Waals surface area contributed by atoms with Gasteiger partial charge in [0.1, 0.15) is 11.9 Å². The number of amides is 1. The molecule has 1 unspecified atom stereocenters. The average Bonchev–Trinajstić information content (AvgIpc) is 2.77. The summed E-state index contributed by atoms with van der Waals surface area (Å²) in [5.74, 6) is 1.35. The van der Waals surface area contributed by atoms with Crippen molar-refractivity contribution in [3.63, 3.8) is 0 Å². The summed E-state index contributed by atoms with van der Waals surface area (Å²) >= 11 is 5.89. The van der Waals surface area contributed by atoms with E-state index in [9.17, 15) is 4.79 Å². The van der Waals surface area contributed by atoms with Gasteiger partial charge in [-0.25, -0.2) is 4.98 Å². The quantitative estimate of drug-likeness (QED) is 0.862. The molecule has 0 spiro atoms. The van der Waals surface area contributed by atoms with Gasteiger partial charge in [-0.3, -0.25) is 4.79 Å². The van der Waals surface area contributed by atoms with Gasteiger partial charge in [0.05, 0.1) is 11.0 Å². The van der Waals surface area contributed by atoms with Crippen molar-refractivity contribution in [1.29, 1.82) is 0 Å². The lowest BCUT2D eigenvalue weighted by atomic mass is 10.2. The van der Waals surface area contributed by atoms with Crippen LogP contribution in [0.5, 0.6) is 0 Å². The minimum atomic E-state index is -0.308. The van der Waals surface area contributed by atoms with E-state index in [0.29, 0.717) is 12.3 Å². The van der Waals surface area contributed by atoms with Gasteiger partial charge in [-0.2, -0.15) is 0 Å². The molecule has 1 aromatic heterocycles. The topological polar surface area (TPSA) is 46.9 Å². The highest BCUT2D eigenvalue weighted by Gasteiger charge is 2.22. The zero-order chi connectivity index (χ0) is 15.6. The van der Waals surface area contributed by atoms with Crippen LogP contribution >= 0.6 is 11.6 Å². The van der Waals surface area contributed by atoms with Gasteiger partial charge in [0.2, 0.25) is 5.91 Å². The molecule has 114 valence electrons. The Morgan fingerprint density at radius 2 is 2.10 bits per heavy atom. The van der Waals surface area contributed by atoms with Crippen LogP contribution < -0.4 is 5.32 Å². The number of fused-ring (bicyclic) bond motifs is 1. The highest BCUT2D eigenvalue weighted by Crippen LogP contribution is 2.24. The number of rotatable bonds is 5. The van der Waals surface area contributed by atoms with Crippen LogP contribution in [0.2, 0.25) is 0 Å². The molecule has 4 nitrogen and oxygen atoms in total. The third-order valence-corrected chi connectivity index (χ3v) is 3.70. The number of carbonyl (C=O) groups is 1. The molecular formula is C16H22ClN3O. The van der Waals surface area contributed by atoms with Gasteiger partial charge in [0.25, 0.3) is 0 Å². The third-order valence-electron chi connectivity index (χ3n) is 3.51. The average molecular weight is 308 g/mol. The lowest BCUT2D eigenvalue weighted by molar-refractivity contribution is -0.124. The number of para-hydroxylation sites is 1. The molecule has 0 aliphatic heterocycles. The molecule has 0 bridgehead atoms. The van der Waals surface area contributed by atoms with Gasteiger partial charge in [-0.1, -0.05) is 12.1 Å². The lowest BCUT2D eigenvalue weighted by Gasteiger charge is -2.18. The van der Waals surface area contributed by atoms with Crippen LogP contribution in [0.15, 0.2) is 18.2 Å². The van der Waals surface area contributed by atoms with Crippen molar-refractivity contribution in [2.75, 3.05) is 5.88 Å². The Balaban J connectivity index is 2.52. The molecule has 1 N–H and O–H groups in total. The summed E-state index contributed by atoms with van der Waals surface area (Å²) in [5.41, 5.74) is 3.04. The number of carbonyl (C=O) groups excluding carboxylic acids is 1. The van der Waals surface area contributed by atoms with Crippen molar-refractivity contribution in [3.05, 3.63) is 29.6 Å². The first-order valence-electron chi connectivity index (χ1n) is 7.28. The summed E-state index contributed by atoms with van der Waals surface area (Å²) in [6.45, 7) is 7.85. The van der Waals surface area contributed by atoms with Gasteiger partial charge >= 0.3 is 0 Å². The van der Waals surface area contributed by atoms with Crippen molar-refractivity contribution >= 4 is 28.5 Å². The second-order valence-electron chi connectivity index (χ2n) is 5.62. The first kappa shape index (κ1) is 15.8. The van der Waals surface area contributed by atoms with Crippen LogP contribution in [0.1, 0.15) is 38.2 Å². The van der Waals surface area contributed by atoms with E-state index in [1.165, 1.54) is 0 Å². The Hall–Kier alpha value is -1.55. The zero-order valence-electron chi connectivity index (χ0n) is 13.0. The van der Waals surface area contributed by atoms with Crippen LogP contribution in [0.3, 0.4) is 0 Å². The van der Waals surface area contributed by atoms with Crippen LogP contribution in [0.25, 0.3) is 11.0 Å². The molecule has 1 atom stereocenters. The first-order valence-corrected chi connectivity index (χ1v) is 7.82. The molecule has 1 amide bonds. The molecular weight excluding hydrogens is 286 g/mol. The number of aryl methyl sites for hydroxylation is 2. The Labute approximate surface area is 130 Å². The normalized spacial score (nSPS) is 12.9. The van der Waals surface area contributed by atoms with Gasteiger partial charge in [0.15, 0.2) is 0 Å². The summed E-state index contributed by atoms with van der Waals surface area (Å²) in [5, 5.41) is 2.96. The van der Waals surface area contributed by atoms with Gasteiger partial charge < -0.3 is 9.88 Å². The predicted molar refractivity (Wildman–Crippen MR) is 86.9 cm³/mol. The van der Waals surface area contributed by atoms with E-state index >= 15 is 0 Å². The first-order chi connectivity index (χ1) is 9.95. The van der Waals surface area contributed by atoms with E-state index in [1.807, 2.05) is 50.5 Å². The van der Waals surface area contributed by atoms with Crippen LogP contribution in [-0.2, 0) is 11.2 Å². The molecule has 0 aliphatic carbocycles. The molecule has 0 saturated carbocycles. The second-order valence-corrected chi connectivity index (χ2v) is 6.00. The molecule has 0 fully saturated rings. The molecule has 2 aromatic rings. The number of hydrogen-bond donors (Lipinski definition) is 1. The fourth-order valence-electron chi connectivity index (χ4n) is 2.52. The fraction of sp³-hybridized carbons (Fsp3) is 0.500. The SMILES string of the molecule is Cc1cccc2c1nc(CCCl)n2C(C)C(=O)NC(C)C. The minimum Gasteiger partial charge on any atom is -0.352 e. The third kappa shape index (κ3) is 3.21. The summed E-state index contributed by atoms with van der Waals surface area (Å²) in [4.78, 5) is 17.0. The van der Waals surface area contributed by atoms with E-state index in [0.717, 1.165) is 22.4 Å². The van der Waals surface area contributed by atoms with Gasteiger partial charge in [-0.05, 0) is 39.3 Å². The highest BCUT2D eigenvalue weighted by molar-refractivity contribution is 6.17. The van der Waals surface area contributed by atoms with Crippen molar-refractivity contribution in [2.45, 2.75) is 46.2 Å². The van der Waals surface area contributed by atoms with Crippen LogP contribution in [0, 0.1) is 6.92 Å². The number of alkyl halides is 1. The summed E-state index contributed by atoms with van der Waals surface area (Å²) in [7, 11) is 0. The maximum absolute atomic E-state index is 12.3. The minimum absolute atomic E-state index is 0.00151. The lowest BCUT2D eigenvalue weighted by Crippen LogP contribution is -2.36. The van der Waals surface area contributed by atoms with Gasteiger partial charge in [-0.15, -0.1) is 11.6 Å². The predicted octanol–water partition coefficient (Wildman–Crippen LogP) is 3.21. The van der Waals surface area contributed by atoms with E-state index in [1.54, 1.807) is 0 Å². The van der Waals surface area contributed by atoms with Crippen molar-refractivity contribution < 1.29 is 4.79 Å². The molecule has 0 aliphatic rings. The van der Waals surface area contributed by atoms with Crippen molar-refractivity contribution in [1.82, 2.24) is 14.9 Å². The van der Waals surface area contributed by atoms with E-state index < -0.39 is 0 Å². The Kier molecular flexibility index (Phi) is 4.88. The van der Waals surface area contributed by atoms with E-state index in [2.05, 4.69) is 10.3 Å². The monoisotopic (exact) mass is 307 g/mol. The number of benzene rings is 1. The molecule has 1 heterocycles. The number of aromatic nitrogens is 2. The molecule has 21 heavy (non-hydrogen) atoms. The molecule has 1 aromatic carbocycles. The number of nitrogens with zero attached hydrogens (tertiary/aromatic N) is 2. The summed E-state index contributed by atoms with van der Waals surface area (Å²) in [6, 6.07) is 5.84. The Bertz CT molecular complexity index is 648. The standard InChI is InChI=1S/C16H22ClN3O/c1-10(2)18-16(21)12(4)20-13-7-5-6-11(3)15(13)19-14(20)8-9-17/h5-7,10,12H,8-9H2,1-4H3,(H,18,21). The summed E-state index contributed by atoms with van der Waals surface area (Å²) < 4.78 is 2.00. The maximum atomic E-state index is 12.3. The number of imidazole rings is 1. The largest absolute Gasteiger partial charge is 0.352 e. The number of nitrogens with one attached hydrogen (secondary N) is 1. The van der Waals surface area contributed by atoms with Gasteiger partial charge in [0, 0.05) is 18.3 Å². The fourth-order valence-corrected chi connectivity index (χ4v) is 2.69. The summed E-state index contributed by atoms with van der Waals surface area (Å²) in [6.07, 6.45) is 0.648. The molecule has 0 radical (unpaired) electrons. The molecule has 0 saturated heterocycles. The number of hydrogen-bond acceptors (Lipinski definition) is 2. The van der Waals surface area contributed by atoms with Crippen LogP contribution in [0.4, 0.5) is 0 Å². The Morgan fingerprint density at radius 3 is 2.71 bits per heavy atom. The smallest absolute Gasteiger partial charge is 0.243 e. The second kappa shape index (κ2) is 6.48. The van der Waals surface area contributed by atoms with Crippen molar-refractivity contribution in [2.24, 2.45) is 0 Å². The number of halogens is 1. The van der Waals surface area contributed by atoms with E-state index in [-0.39, 0.29) is 18.0 Å². The van der Waals surface area contributed by atoms with Crippen LogP contribution in [-0.4, -0.2) is 27.4 Å². The van der Waals surface area contributed by atoms with E-state index in [4.69, 9.17) is 11.6 Å². The zero-order valence-corrected chi connectivity index (χ0v) is 13.7. The van der Waals surface area contributed by atoms with Crippen molar-refractivity contribution in [3.8, 4) is 0 Å². The molecule has 5 heteroatoms. The maximum Gasteiger partial charge on any atom is 0.243 e. The highest BCUT2D eigenvalue weighted by atomic mass is 35.5. The Morgan fingerprint density at radius 1 is 1.38 bits per heavy atom.